The van der Waals surface area contributed by atoms with E-state index >= 15 is 0 Å². The first-order chi connectivity index (χ1) is 14.8. The molecule has 3 amide bonds. The number of anilines is 1. The summed E-state index contributed by atoms with van der Waals surface area (Å²) < 4.78 is 11.4. The summed E-state index contributed by atoms with van der Waals surface area (Å²) in [4.78, 5) is 42.2. The van der Waals surface area contributed by atoms with E-state index in [0.717, 1.165) is 9.37 Å². The molecule has 31 heavy (non-hydrogen) atoms. The monoisotopic (exact) mass is 488 g/mol. The highest BCUT2D eigenvalue weighted by molar-refractivity contribution is 9.10. The van der Waals surface area contributed by atoms with Crippen LogP contribution in [0.15, 0.2) is 46.9 Å². The topological polar surface area (TPSA) is 76.2 Å². The predicted molar refractivity (Wildman–Crippen MR) is 121 cm³/mol. The number of hydrogen-bond acceptors (Lipinski definition) is 5. The number of halogens is 1. The van der Waals surface area contributed by atoms with Gasteiger partial charge in [-0.15, -0.1) is 0 Å². The van der Waals surface area contributed by atoms with Crippen LogP contribution in [0.1, 0.15) is 37.0 Å². The highest BCUT2D eigenvalue weighted by Crippen LogP contribution is 2.32. The summed E-state index contributed by atoms with van der Waals surface area (Å²) in [7, 11) is 3.01. The van der Waals surface area contributed by atoms with Crippen molar-refractivity contribution in [1.82, 2.24) is 4.90 Å². The fourth-order valence-corrected chi connectivity index (χ4v) is 3.92. The smallest absolute Gasteiger partial charge is 0.257 e. The average Bonchev–Trinajstić information content (AvgIpc) is 3.07. The molecule has 1 heterocycles. The summed E-state index contributed by atoms with van der Waals surface area (Å²) in [5.41, 5.74) is 0.851. The van der Waals surface area contributed by atoms with E-state index in [2.05, 4.69) is 15.9 Å². The van der Waals surface area contributed by atoms with Gasteiger partial charge in [0.25, 0.3) is 11.8 Å². The van der Waals surface area contributed by atoms with Crippen LogP contribution in [0.5, 0.6) is 11.5 Å². The highest BCUT2D eigenvalue weighted by atomic mass is 79.9. The molecule has 2 atom stereocenters. The van der Waals surface area contributed by atoms with Gasteiger partial charge in [0.2, 0.25) is 5.91 Å². The van der Waals surface area contributed by atoms with E-state index < -0.39 is 11.9 Å². The van der Waals surface area contributed by atoms with Crippen LogP contribution in [0.3, 0.4) is 0 Å². The summed E-state index contributed by atoms with van der Waals surface area (Å²) in [6.07, 6.45) is 0.577. The third kappa shape index (κ3) is 4.44. The fraction of sp³-hybridized carbons (Fsp3) is 0.348. The molecule has 0 N–H and O–H groups in total. The van der Waals surface area contributed by atoms with Gasteiger partial charge < -0.3 is 14.4 Å². The summed E-state index contributed by atoms with van der Waals surface area (Å²) in [6.45, 7) is 3.81. The Morgan fingerprint density at radius 2 is 1.77 bits per heavy atom. The van der Waals surface area contributed by atoms with Gasteiger partial charge >= 0.3 is 0 Å². The maximum atomic E-state index is 13.5. The first kappa shape index (κ1) is 22.8. The number of imide groups is 1. The second-order valence-corrected chi connectivity index (χ2v) is 8.22. The standard InChI is InChI=1S/C23H25BrN2O5/c1-5-14(2)25(22(28)15-6-11-19(30-3)20(12-15)31-4)18-13-21(27)26(23(18)29)17-9-7-16(24)8-10-17/h6-12,14,18H,5,13H2,1-4H3. The number of ether oxygens (including phenoxy) is 2. The zero-order chi connectivity index (χ0) is 22.7. The molecule has 0 radical (unpaired) electrons. The van der Waals surface area contributed by atoms with E-state index in [0.29, 0.717) is 29.2 Å². The van der Waals surface area contributed by atoms with E-state index in [-0.39, 0.29) is 24.3 Å². The number of amides is 3. The van der Waals surface area contributed by atoms with Crippen LogP contribution in [0.4, 0.5) is 5.69 Å². The summed E-state index contributed by atoms with van der Waals surface area (Å²) in [5, 5.41) is 0. The van der Waals surface area contributed by atoms with Gasteiger partial charge in [-0.1, -0.05) is 22.9 Å². The molecular weight excluding hydrogens is 464 g/mol. The number of nitrogens with zero attached hydrogens (tertiary/aromatic N) is 2. The molecular formula is C23H25BrN2O5. The Hall–Kier alpha value is -2.87. The molecule has 164 valence electrons. The summed E-state index contributed by atoms with van der Waals surface area (Å²) in [6, 6.07) is 10.7. The number of hydrogen-bond donors (Lipinski definition) is 0. The van der Waals surface area contributed by atoms with Gasteiger partial charge in [-0.2, -0.15) is 0 Å². The lowest BCUT2D eigenvalue weighted by Crippen LogP contribution is -2.49. The lowest BCUT2D eigenvalue weighted by molar-refractivity contribution is -0.122. The van der Waals surface area contributed by atoms with Gasteiger partial charge in [-0.3, -0.25) is 14.4 Å². The quantitative estimate of drug-likeness (QED) is 0.549. The Morgan fingerprint density at radius 3 is 2.35 bits per heavy atom. The zero-order valence-corrected chi connectivity index (χ0v) is 19.5. The van der Waals surface area contributed by atoms with Crippen LogP contribution in [0.25, 0.3) is 0 Å². The third-order valence-corrected chi connectivity index (χ3v) is 6.00. The van der Waals surface area contributed by atoms with Crippen LogP contribution in [-0.2, 0) is 9.59 Å². The minimum atomic E-state index is -0.869. The molecule has 2 aromatic carbocycles. The number of benzene rings is 2. The fourth-order valence-electron chi connectivity index (χ4n) is 3.66. The molecule has 0 aromatic heterocycles. The van der Waals surface area contributed by atoms with E-state index in [9.17, 15) is 14.4 Å². The maximum Gasteiger partial charge on any atom is 0.257 e. The minimum absolute atomic E-state index is 0.0573. The second-order valence-electron chi connectivity index (χ2n) is 7.30. The van der Waals surface area contributed by atoms with E-state index in [1.807, 2.05) is 13.8 Å². The molecule has 2 aromatic rings. The Bertz CT molecular complexity index is 992. The molecule has 1 aliphatic heterocycles. The Balaban J connectivity index is 1.96. The Morgan fingerprint density at radius 1 is 1.13 bits per heavy atom. The molecule has 8 heteroatoms. The normalized spacial score (nSPS) is 16.9. The summed E-state index contributed by atoms with van der Waals surface area (Å²) >= 11 is 3.35. The Labute approximate surface area is 190 Å². The highest BCUT2D eigenvalue weighted by Gasteiger charge is 2.45. The molecule has 1 saturated heterocycles. The van der Waals surface area contributed by atoms with Crippen molar-refractivity contribution in [2.24, 2.45) is 0 Å². The van der Waals surface area contributed by atoms with Gasteiger partial charge in [0, 0.05) is 16.1 Å². The van der Waals surface area contributed by atoms with Crippen molar-refractivity contribution in [2.75, 3.05) is 19.1 Å². The van der Waals surface area contributed by atoms with Crippen LogP contribution in [0.2, 0.25) is 0 Å². The largest absolute Gasteiger partial charge is 0.493 e. The number of rotatable bonds is 7. The lowest BCUT2D eigenvalue weighted by atomic mass is 10.1. The number of carbonyl (C=O) groups excluding carboxylic acids is 3. The van der Waals surface area contributed by atoms with Crippen molar-refractivity contribution >= 4 is 39.3 Å². The van der Waals surface area contributed by atoms with Gasteiger partial charge in [0.1, 0.15) is 6.04 Å². The first-order valence-electron chi connectivity index (χ1n) is 9.99. The molecule has 0 saturated carbocycles. The van der Waals surface area contributed by atoms with Crippen LogP contribution >= 0.6 is 15.9 Å². The van der Waals surface area contributed by atoms with Gasteiger partial charge in [-0.25, -0.2) is 4.90 Å². The molecule has 1 fully saturated rings. The maximum absolute atomic E-state index is 13.5. The van der Waals surface area contributed by atoms with Gasteiger partial charge in [0.15, 0.2) is 11.5 Å². The lowest BCUT2D eigenvalue weighted by Gasteiger charge is -2.33. The number of carbonyl (C=O) groups is 3. The van der Waals surface area contributed by atoms with Crippen molar-refractivity contribution in [3.05, 3.63) is 52.5 Å². The first-order valence-corrected chi connectivity index (χ1v) is 10.8. The van der Waals surface area contributed by atoms with E-state index in [4.69, 9.17) is 9.47 Å². The van der Waals surface area contributed by atoms with Crippen molar-refractivity contribution in [2.45, 2.75) is 38.8 Å². The Kier molecular flexibility index (Phi) is 7.00. The summed E-state index contributed by atoms with van der Waals surface area (Å²) in [5.74, 6) is -0.142. The molecule has 0 bridgehead atoms. The van der Waals surface area contributed by atoms with Crippen molar-refractivity contribution < 1.29 is 23.9 Å². The predicted octanol–water partition coefficient (Wildman–Crippen LogP) is 4.04. The molecule has 3 rings (SSSR count). The van der Waals surface area contributed by atoms with Crippen LogP contribution < -0.4 is 14.4 Å². The molecule has 7 nitrogen and oxygen atoms in total. The minimum Gasteiger partial charge on any atom is -0.493 e. The van der Waals surface area contributed by atoms with Crippen LogP contribution in [0, 0.1) is 0 Å². The third-order valence-electron chi connectivity index (χ3n) is 5.47. The van der Waals surface area contributed by atoms with Gasteiger partial charge in [0.05, 0.1) is 26.3 Å². The van der Waals surface area contributed by atoms with Crippen LogP contribution in [-0.4, -0.2) is 48.9 Å². The SMILES string of the molecule is CCC(C)N(C(=O)c1ccc(OC)c(OC)c1)C1CC(=O)N(c2ccc(Br)cc2)C1=O. The van der Waals surface area contributed by atoms with E-state index in [1.54, 1.807) is 42.5 Å². The molecule has 1 aliphatic rings. The molecule has 2 unspecified atom stereocenters. The number of methoxy groups -OCH3 is 2. The van der Waals surface area contributed by atoms with Crippen molar-refractivity contribution in [1.29, 1.82) is 0 Å². The zero-order valence-electron chi connectivity index (χ0n) is 17.9. The second kappa shape index (κ2) is 9.51. The molecule has 0 spiro atoms. The molecule has 0 aliphatic carbocycles. The average molecular weight is 489 g/mol. The van der Waals surface area contributed by atoms with Crippen molar-refractivity contribution in [3.63, 3.8) is 0 Å². The van der Waals surface area contributed by atoms with Gasteiger partial charge in [-0.05, 0) is 55.8 Å². The van der Waals surface area contributed by atoms with E-state index in [1.165, 1.54) is 19.1 Å². The van der Waals surface area contributed by atoms with Crippen molar-refractivity contribution in [3.8, 4) is 11.5 Å².